The number of nitrogens with zero attached hydrogens (tertiary/aromatic N) is 4. The summed E-state index contributed by atoms with van der Waals surface area (Å²) < 4.78 is 0. The monoisotopic (exact) mass is 375 g/mol. The lowest BCUT2D eigenvalue weighted by molar-refractivity contribution is 0.0748. The molecule has 142 valence electrons. The van der Waals surface area contributed by atoms with Crippen molar-refractivity contribution in [2.45, 2.75) is 18.8 Å². The second-order valence-corrected chi connectivity index (χ2v) is 7.46. The van der Waals surface area contributed by atoms with E-state index in [0.29, 0.717) is 43.2 Å². The normalized spacial score (nSPS) is 17.1. The summed E-state index contributed by atoms with van der Waals surface area (Å²) in [6.07, 6.45) is 2.43. The first-order valence-corrected chi connectivity index (χ1v) is 9.69. The molecule has 0 unspecified atom stereocenters. The highest BCUT2D eigenvalue weighted by atomic mass is 16.2. The van der Waals surface area contributed by atoms with Crippen LogP contribution in [0.5, 0.6) is 0 Å². The van der Waals surface area contributed by atoms with E-state index in [9.17, 15) is 9.59 Å². The van der Waals surface area contributed by atoms with Gasteiger partial charge in [-0.15, -0.1) is 5.10 Å². The number of rotatable bonds is 3. The number of nitrogens with one attached hydrogen (secondary N) is 1. The van der Waals surface area contributed by atoms with Crippen LogP contribution in [0.1, 0.15) is 34.8 Å². The number of amides is 1. The van der Waals surface area contributed by atoms with Gasteiger partial charge < -0.3 is 14.8 Å². The first kappa shape index (κ1) is 16.9. The Morgan fingerprint density at radius 3 is 2.50 bits per heavy atom. The topological polar surface area (TPSA) is 82.2 Å². The Hall–Kier alpha value is -3.22. The standard InChI is InChI=1S/C21H21N5O2/c27-20-13-16(15-3-1-2-4-18(15)22-20)21(28)26-11-9-25(10-12-26)19-8-7-17(23-24-19)14-5-6-14/h1-4,7-8,13-14H,5-6,9-12H2,(H,22,27). The molecule has 2 aromatic heterocycles. The van der Waals surface area contributed by atoms with Gasteiger partial charge in [0.15, 0.2) is 5.82 Å². The molecule has 1 saturated heterocycles. The number of carbonyl (C=O) groups is 1. The number of pyridine rings is 1. The van der Waals surface area contributed by atoms with Crippen LogP contribution in [0, 0.1) is 0 Å². The fourth-order valence-corrected chi connectivity index (χ4v) is 3.79. The van der Waals surface area contributed by atoms with E-state index in [1.165, 1.54) is 18.9 Å². The van der Waals surface area contributed by atoms with Crippen molar-refractivity contribution >= 4 is 22.6 Å². The van der Waals surface area contributed by atoms with Crippen LogP contribution >= 0.6 is 0 Å². The zero-order valence-electron chi connectivity index (χ0n) is 15.5. The lowest BCUT2D eigenvalue weighted by Gasteiger charge is -2.35. The molecule has 7 nitrogen and oxygen atoms in total. The van der Waals surface area contributed by atoms with Crippen molar-refractivity contribution < 1.29 is 4.79 Å². The van der Waals surface area contributed by atoms with E-state index in [2.05, 4.69) is 26.1 Å². The van der Waals surface area contributed by atoms with E-state index < -0.39 is 0 Å². The number of aromatic amines is 1. The summed E-state index contributed by atoms with van der Waals surface area (Å²) >= 11 is 0. The molecular formula is C21H21N5O2. The Labute approximate surface area is 162 Å². The number of anilines is 1. The lowest BCUT2D eigenvalue weighted by atomic mass is 10.1. The zero-order chi connectivity index (χ0) is 19.1. The van der Waals surface area contributed by atoms with Gasteiger partial charge in [0.2, 0.25) is 5.56 Å². The van der Waals surface area contributed by atoms with Crippen LogP contribution in [-0.4, -0.2) is 52.2 Å². The van der Waals surface area contributed by atoms with Crippen LogP contribution in [0.4, 0.5) is 5.82 Å². The minimum Gasteiger partial charge on any atom is -0.352 e. The minimum absolute atomic E-state index is 0.0999. The van der Waals surface area contributed by atoms with Gasteiger partial charge in [-0.2, -0.15) is 5.10 Å². The molecular weight excluding hydrogens is 354 g/mol. The number of para-hydroxylation sites is 1. The third-order valence-electron chi connectivity index (χ3n) is 5.54. The van der Waals surface area contributed by atoms with E-state index >= 15 is 0 Å². The summed E-state index contributed by atoms with van der Waals surface area (Å²) in [6, 6.07) is 12.9. The maximum Gasteiger partial charge on any atom is 0.254 e. The van der Waals surface area contributed by atoms with Gasteiger partial charge in [0.25, 0.3) is 5.91 Å². The summed E-state index contributed by atoms with van der Waals surface area (Å²) in [7, 11) is 0. The predicted molar refractivity (Wildman–Crippen MR) is 107 cm³/mol. The van der Waals surface area contributed by atoms with Crippen molar-refractivity contribution in [3.8, 4) is 0 Å². The lowest BCUT2D eigenvalue weighted by Crippen LogP contribution is -2.49. The number of benzene rings is 1. The van der Waals surface area contributed by atoms with Gasteiger partial charge in [0, 0.05) is 49.1 Å². The molecule has 1 amide bonds. The number of piperazine rings is 1. The highest BCUT2D eigenvalue weighted by molar-refractivity contribution is 6.06. The van der Waals surface area contributed by atoms with Crippen molar-refractivity contribution in [1.82, 2.24) is 20.1 Å². The van der Waals surface area contributed by atoms with Crippen LogP contribution < -0.4 is 10.5 Å². The summed E-state index contributed by atoms with van der Waals surface area (Å²) in [5.74, 6) is 1.36. The number of aromatic nitrogens is 3. The fourth-order valence-electron chi connectivity index (χ4n) is 3.79. The average Bonchev–Trinajstić information content (AvgIpc) is 3.58. The summed E-state index contributed by atoms with van der Waals surface area (Å²) in [4.78, 5) is 31.8. The van der Waals surface area contributed by atoms with Gasteiger partial charge in [-0.3, -0.25) is 9.59 Å². The Morgan fingerprint density at radius 1 is 1.00 bits per heavy atom. The van der Waals surface area contributed by atoms with E-state index in [-0.39, 0.29) is 11.5 Å². The summed E-state index contributed by atoms with van der Waals surface area (Å²) in [6.45, 7) is 2.58. The third kappa shape index (κ3) is 3.13. The summed E-state index contributed by atoms with van der Waals surface area (Å²) in [5.41, 5.74) is 1.97. The summed E-state index contributed by atoms with van der Waals surface area (Å²) in [5, 5.41) is 9.50. The second kappa shape index (κ2) is 6.74. The van der Waals surface area contributed by atoms with E-state index in [1.807, 2.05) is 35.2 Å². The van der Waals surface area contributed by atoms with Gasteiger partial charge >= 0.3 is 0 Å². The zero-order valence-corrected chi connectivity index (χ0v) is 15.5. The van der Waals surface area contributed by atoms with Crippen molar-refractivity contribution in [2.24, 2.45) is 0 Å². The maximum absolute atomic E-state index is 13.1. The van der Waals surface area contributed by atoms with Crippen LogP contribution in [-0.2, 0) is 0 Å². The van der Waals surface area contributed by atoms with Crippen LogP contribution in [0.2, 0.25) is 0 Å². The quantitative estimate of drug-likeness (QED) is 0.759. The number of fused-ring (bicyclic) bond motifs is 1. The van der Waals surface area contributed by atoms with Crippen LogP contribution in [0.15, 0.2) is 47.3 Å². The van der Waals surface area contributed by atoms with E-state index in [1.54, 1.807) is 0 Å². The molecule has 7 heteroatoms. The second-order valence-electron chi connectivity index (χ2n) is 7.46. The van der Waals surface area contributed by atoms with Crippen molar-refractivity contribution in [1.29, 1.82) is 0 Å². The number of hydrogen-bond acceptors (Lipinski definition) is 5. The van der Waals surface area contributed by atoms with Crippen molar-refractivity contribution in [3.63, 3.8) is 0 Å². The SMILES string of the molecule is O=C(c1cc(=O)[nH]c2ccccc12)N1CCN(c2ccc(C3CC3)nn2)CC1. The van der Waals surface area contributed by atoms with E-state index in [4.69, 9.17) is 0 Å². The molecule has 1 aromatic carbocycles. The first-order chi connectivity index (χ1) is 13.7. The Kier molecular flexibility index (Phi) is 4.07. The highest BCUT2D eigenvalue weighted by Gasteiger charge is 2.27. The number of H-pyrrole nitrogens is 1. The van der Waals surface area contributed by atoms with Crippen LogP contribution in [0.25, 0.3) is 10.9 Å². The highest BCUT2D eigenvalue weighted by Crippen LogP contribution is 2.38. The number of carbonyl (C=O) groups excluding carboxylic acids is 1. The molecule has 5 rings (SSSR count). The first-order valence-electron chi connectivity index (χ1n) is 9.69. The Balaban J connectivity index is 1.31. The third-order valence-corrected chi connectivity index (χ3v) is 5.54. The van der Waals surface area contributed by atoms with E-state index in [0.717, 1.165) is 16.9 Å². The molecule has 3 aromatic rings. The van der Waals surface area contributed by atoms with Crippen LogP contribution in [0.3, 0.4) is 0 Å². The molecule has 1 aliphatic heterocycles. The molecule has 0 radical (unpaired) electrons. The van der Waals surface area contributed by atoms with Gasteiger partial charge in [-0.1, -0.05) is 18.2 Å². The molecule has 1 N–H and O–H groups in total. The largest absolute Gasteiger partial charge is 0.352 e. The molecule has 1 aliphatic carbocycles. The molecule has 2 fully saturated rings. The van der Waals surface area contributed by atoms with Gasteiger partial charge in [0.1, 0.15) is 0 Å². The van der Waals surface area contributed by atoms with Gasteiger partial charge in [-0.05, 0) is 31.0 Å². The molecule has 0 spiro atoms. The molecule has 28 heavy (non-hydrogen) atoms. The molecule has 1 saturated carbocycles. The Bertz CT molecular complexity index is 1080. The Morgan fingerprint density at radius 2 is 1.79 bits per heavy atom. The van der Waals surface area contributed by atoms with Crippen molar-refractivity contribution in [2.75, 3.05) is 31.1 Å². The molecule has 0 bridgehead atoms. The molecule has 3 heterocycles. The fraction of sp³-hybridized carbons (Fsp3) is 0.333. The average molecular weight is 375 g/mol. The molecule has 2 aliphatic rings. The smallest absolute Gasteiger partial charge is 0.254 e. The number of hydrogen-bond donors (Lipinski definition) is 1. The maximum atomic E-state index is 13.1. The van der Waals surface area contributed by atoms with Gasteiger partial charge in [0.05, 0.1) is 11.3 Å². The van der Waals surface area contributed by atoms with Crippen molar-refractivity contribution in [3.05, 3.63) is 64.1 Å². The predicted octanol–water partition coefficient (Wildman–Crippen LogP) is 2.16. The minimum atomic E-state index is -0.258. The molecule has 0 atom stereocenters. The van der Waals surface area contributed by atoms with Gasteiger partial charge in [-0.25, -0.2) is 0 Å².